The van der Waals surface area contributed by atoms with Gasteiger partial charge >= 0.3 is 0 Å². The van der Waals surface area contributed by atoms with E-state index in [1.54, 1.807) is 19.1 Å². The standard InChI is InChI=1S/C14H22F2N2/c1-5-10-17-14(2,13(15)16)11-6-8-12(9-7-11)18(3)4/h6-9,13,17H,5,10H2,1-4H3. The predicted octanol–water partition coefficient (Wildman–Crippen LogP) is 3.23. The Hall–Kier alpha value is -1.16. The van der Waals surface area contributed by atoms with Gasteiger partial charge in [0, 0.05) is 19.8 Å². The Morgan fingerprint density at radius 1 is 1.22 bits per heavy atom. The van der Waals surface area contributed by atoms with Crippen LogP contribution in [-0.2, 0) is 5.54 Å². The van der Waals surface area contributed by atoms with E-state index in [-0.39, 0.29) is 0 Å². The van der Waals surface area contributed by atoms with Crippen LogP contribution in [-0.4, -0.2) is 27.1 Å². The molecule has 1 atom stereocenters. The molecule has 0 amide bonds. The van der Waals surface area contributed by atoms with Gasteiger partial charge in [-0.25, -0.2) is 8.78 Å². The van der Waals surface area contributed by atoms with Crippen molar-refractivity contribution in [3.05, 3.63) is 29.8 Å². The summed E-state index contributed by atoms with van der Waals surface area (Å²) >= 11 is 0. The first-order valence-corrected chi connectivity index (χ1v) is 6.23. The number of halogens is 2. The van der Waals surface area contributed by atoms with E-state index in [2.05, 4.69) is 5.32 Å². The van der Waals surface area contributed by atoms with Crippen molar-refractivity contribution in [1.29, 1.82) is 0 Å². The minimum atomic E-state index is -2.44. The summed E-state index contributed by atoms with van der Waals surface area (Å²) in [6.07, 6.45) is -1.60. The molecule has 4 heteroatoms. The molecule has 0 saturated carbocycles. The molecule has 1 aromatic carbocycles. The van der Waals surface area contributed by atoms with Crippen LogP contribution in [0.25, 0.3) is 0 Å². The van der Waals surface area contributed by atoms with Crippen LogP contribution in [0.1, 0.15) is 25.8 Å². The summed E-state index contributed by atoms with van der Waals surface area (Å²) in [5.41, 5.74) is 0.350. The van der Waals surface area contributed by atoms with Crippen molar-refractivity contribution in [2.24, 2.45) is 0 Å². The molecule has 1 unspecified atom stereocenters. The largest absolute Gasteiger partial charge is 0.378 e. The first kappa shape index (κ1) is 14.9. The van der Waals surface area contributed by atoms with Crippen LogP contribution in [0, 0.1) is 0 Å². The lowest BCUT2D eigenvalue weighted by molar-refractivity contribution is 0.0385. The van der Waals surface area contributed by atoms with Crippen LogP contribution in [0.5, 0.6) is 0 Å². The maximum Gasteiger partial charge on any atom is 0.260 e. The molecular weight excluding hydrogens is 234 g/mol. The van der Waals surface area contributed by atoms with Crippen LogP contribution in [0.15, 0.2) is 24.3 Å². The molecule has 1 aromatic rings. The Kier molecular flexibility index (Phi) is 5.08. The second-order valence-corrected chi connectivity index (χ2v) is 4.87. The minimum Gasteiger partial charge on any atom is -0.378 e. The number of anilines is 1. The Morgan fingerprint density at radius 2 is 1.78 bits per heavy atom. The predicted molar refractivity (Wildman–Crippen MR) is 72.4 cm³/mol. The van der Waals surface area contributed by atoms with Crippen molar-refractivity contribution in [2.45, 2.75) is 32.2 Å². The molecule has 0 spiro atoms. The molecule has 0 aliphatic rings. The van der Waals surface area contributed by atoms with Gasteiger partial charge in [0.25, 0.3) is 6.43 Å². The third kappa shape index (κ3) is 3.19. The lowest BCUT2D eigenvalue weighted by Crippen LogP contribution is -2.46. The molecular formula is C14H22F2N2. The number of hydrogen-bond acceptors (Lipinski definition) is 2. The van der Waals surface area contributed by atoms with Gasteiger partial charge in [-0.1, -0.05) is 19.1 Å². The molecule has 0 aliphatic carbocycles. The summed E-state index contributed by atoms with van der Waals surface area (Å²) in [6.45, 7) is 4.10. The topological polar surface area (TPSA) is 15.3 Å². The number of alkyl halides is 2. The summed E-state index contributed by atoms with van der Waals surface area (Å²) in [5.74, 6) is 0. The maximum atomic E-state index is 13.3. The molecule has 0 saturated heterocycles. The third-order valence-electron chi connectivity index (χ3n) is 3.16. The Labute approximate surface area is 108 Å². The summed E-state index contributed by atoms with van der Waals surface area (Å²) in [7, 11) is 3.85. The minimum absolute atomic E-state index is 0.580. The summed E-state index contributed by atoms with van der Waals surface area (Å²) in [6, 6.07) is 7.27. The van der Waals surface area contributed by atoms with E-state index in [9.17, 15) is 8.78 Å². The zero-order valence-corrected chi connectivity index (χ0v) is 11.5. The molecule has 18 heavy (non-hydrogen) atoms. The highest BCUT2D eigenvalue weighted by molar-refractivity contribution is 5.47. The second kappa shape index (κ2) is 6.14. The van der Waals surface area contributed by atoms with Crippen molar-refractivity contribution in [2.75, 3.05) is 25.5 Å². The van der Waals surface area contributed by atoms with Crippen LogP contribution < -0.4 is 10.2 Å². The zero-order chi connectivity index (χ0) is 13.8. The highest BCUT2D eigenvalue weighted by atomic mass is 19.3. The molecule has 1 rings (SSSR count). The van der Waals surface area contributed by atoms with Gasteiger partial charge in [-0.05, 0) is 37.6 Å². The summed E-state index contributed by atoms with van der Waals surface area (Å²) in [5, 5.41) is 2.95. The van der Waals surface area contributed by atoms with Crippen molar-refractivity contribution in [1.82, 2.24) is 5.32 Å². The number of benzene rings is 1. The van der Waals surface area contributed by atoms with Crippen LogP contribution in [0.4, 0.5) is 14.5 Å². The molecule has 0 aromatic heterocycles. The van der Waals surface area contributed by atoms with Crippen molar-refractivity contribution in [3.8, 4) is 0 Å². The average Bonchev–Trinajstić information content (AvgIpc) is 2.35. The van der Waals surface area contributed by atoms with Crippen molar-refractivity contribution >= 4 is 5.69 Å². The molecule has 0 aliphatic heterocycles. The molecule has 1 N–H and O–H groups in total. The van der Waals surface area contributed by atoms with E-state index < -0.39 is 12.0 Å². The van der Waals surface area contributed by atoms with Gasteiger partial charge < -0.3 is 10.2 Å². The van der Waals surface area contributed by atoms with Gasteiger partial charge in [-0.15, -0.1) is 0 Å². The Morgan fingerprint density at radius 3 is 2.17 bits per heavy atom. The first-order valence-electron chi connectivity index (χ1n) is 6.23. The molecule has 0 radical (unpaired) electrons. The van der Waals surface area contributed by atoms with E-state index in [0.29, 0.717) is 12.1 Å². The lowest BCUT2D eigenvalue weighted by Gasteiger charge is -2.31. The van der Waals surface area contributed by atoms with E-state index >= 15 is 0 Å². The number of nitrogens with zero attached hydrogens (tertiary/aromatic N) is 1. The fraction of sp³-hybridized carbons (Fsp3) is 0.571. The highest BCUT2D eigenvalue weighted by Crippen LogP contribution is 2.29. The van der Waals surface area contributed by atoms with Gasteiger partial charge in [0.15, 0.2) is 0 Å². The van der Waals surface area contributed by atoms with Crippen molar-refractivity contribution < 1.29 is 8.78 Å². The Balaban J connectivity index is 2.99. The monoisotopic (exact) mass is 256 g/mol. The second-order valence-electron chi connectivity index (χ2n) is 4.87. The Bertz CT molecular complexity index is 363. The number of rotatable bonds is 6. The third-order valence-corrected chi connectivity index (χ3v) is 3.16. The van der Waals surface area contributed by atoms with Gasteiger partial charge in [-0.2, -0.15) is 0 Å². The van der Waals surface area contributed by atoms with Crippen LogP contribution >= 0.6 is 0 Å². The maximum absolute atomic E-state index is 13.3. The van der Waals surface area contributed by atoms with Crippen molar-refractivity contribution in [3.63, 3.8) is 0 Å². The fourth-order valence-electron chi connectivity index (χ4n) is 1.80. The molecule has 0 bridgehead atoms. The SMILES string of the molecule is CCCNC(C)(c1ccc(N(C)C)cc1)C(F)F. The highest BCUT2D eigenvalue weighted by Gasteiger charge is 2.36. The van der Waals surface area contributed by atoms with Gasteiger partial charge in [0.1, 0.15) is 5.54 Å². The van der Waals surface area contributed by atoms with E-state index in [1.165, 1.54) is 0 Å². The normalized spacial score (nSPS) is 14.6. The van der Waals surface area contributed by atoms with E-state index in [1.807, 2.05) is 38.1 Å². The lowest BCUT2D eigenvalue weighted by atomic mass is 9.92. The summed E-state index contributed by atoms with van der Waals surface area (Å²) < 4.78 is 26.6. The van der Waals surface area contributed by atoms with Crippen LogP contribution in [0.2, 0.25) is 0 Å². The summed E-state index contributed by atoms with van der Waals surface area (Å²) in [4.78, 5) is 1.95. The van der Waals surface area contributed by atoms with E-state index in [0.717, 1.165) is 12.1 Å². The van der Waals surface area contributed by atoms with E-state index in [4.69, 9.17) is 0 Å². The first-order chi connectivity index (χ1) is 8.41. The van der Waals surface area contributed by atoms with Crippen LogP contribution in [0.3, 0.4) is 0 Å². The van der Waals surface area contributed by atoms with Gasteiger partial charge in [0.05, 0.1) is 0 Å². The average molecular weight is 256 g/mol. The zero-order valence-electron chi connectivity index (χ0n) is 11.5. The molecule has 0 fully saturated rings. The van der Waals surface area contributed by atoms with Gasteiger partial charge in [-0.3, -0.25) is 0 Å². The molecule has 2 nitrogen and oxygen atoms in total. The molecule has 102 valence electrons. The number of nitrogens with one attached hydrogen (secondary N) is 1. The smallest absolute Gasteiger partial charge is 0.260 e. The quantitative estimate of drug-likeness (QED) is 0.840. The molecule has 0 heterocycles. The fourth-order valence-corrected chi connectivity index (χ4v) is 1.80. The number of hydrogen-bond donors (Lipinski definition) is 1. The van der Waals surface area contributed by atoms with Gasteiger partial charge in [0.2, 0.25) is 0 Å².